The molecule has 35 heavy (non-hydrogen) atoms. The second-order valence-corrected chi connectivity index (χ2v) is 10.7. The van der Waals surface area contributed by atoms with Gasteiger partial charge in [-0.05, 0) is 66.7 Å². The van der Waals surface area contributed by atoms with Crippen LogP contribution in [0.4, 0.5) is 4.79 Å². The minimum absolute atomic E-state index is 0.0169. The molecule has 0 saturated heterocycles. The highest BCUT2D eigenvalue weighted by molar-refractivity contribution is 5.87. The van der Waals surface area contributed by atoms with Gasteiger partial charge >= 0.3 is 12.1 Å². The highest BCUT2D eigenvalue weighted by atomic mass is 16.5. The van der Waals surface area contributed by atoms with Crippen molar-refractivity contribution >= 4 is 18.0 Å². The Kier molecular flexibility index (Phi) is 5.31. The molecule has 2 aromatic rings. The SMILES string of the molecule is O=C(N[C@H]1C[C@@H]2C[C@]2(C(=O)N[C@H]2CC[C@@H](C(=O)O)C2)C1)OCC1c2ccccc2-c2ccccc21. The van der Waals surface area contributed by atoms with Crippen LogP contribution in [0.2, 0.25) is 0 Å². The fourth-order valence-corrected chi connectivity index (χ4v) is 6.76. The Morgan fingerprint density at radius 1 is 0.886 bits per heavy atom. The molecule has 0 radical (unpaired) electrons. The third-order valence-corrected chi connectivity index (χ3v) is 8.65. The molecule has 0 unspecified atom stereocenters. The minimum atomic E-state index is -0.780. The first-order valence-corrected chi connectivity index (χ1v) is 12.6. The lowest BCUT2D eigenvalue weighted by Gasteiger charge is -2.21. The third-order valence-electron chi connectivity index (χ3n) is 8.65. The molecular formula is C28H30N2O5. The second-order valence-electron chi connectivity index (χ2n) is 10.7. The average molecular weight is 475 g/mol. The number of nitrogens with one attached hydrogen (secondary N) is 2. The zero-order valence-corrected chi connectivity index (χ0v) is 19.5. The predicted molar refractivity (Wildman–Crippen MR) is 129 cm³/mol. The Morgan fingerprint density at radius 2 is 1.57 bits per heavy atom. The monoisotopic (exact) mass is 474 g/mol. The summed E-state index contributed by atoms with van der Waals surface area (Å²) in [4.78, 5) is 36.9. The van der Waals surface area contributed by atoms with Gasteiger partial charge in [0.1, 0.15) is 6.61 Å². The molecule has 7 heteroatoms. The number of hydrogen-bond acceptors (Lipinski definition) is 4. The molecule has 5 atom stereocenters. The summed E-state index contributed by atoms with van der Waals surface area (Å²) in [5.41, 5.74) is 4.33. The van der Waals surface area contributed by atoms with Crippen molar-refractivity contribution in [1.82, 2.24) is 10.6 Å². The lowest BCUT2D eigenvalue weighted by molar-refractivity contribution is -0.141. The molecule has 0 aliphatic heterocycles. The molecule has 6 rings (SSSR count). The van der Waals surface area contributed by atoms with Crippen molar-refractivity contribution in [3.05, 3.63) is 59.7 Å². The van der Waals surface area contributed by atoms with Gasteiger partial charge in [-0.25, -0.2) is 4.79 Å². The summed E-state index contributed by atoms with van der Waals surface area (Å²) in [6, 6.07) is 16.3. The van der Waals surface area contributed by atoms with E-state index in [-0.39, 0.29) is 42.4 Å². The topological polar surface area (TPSA) is 105 Å². The predicted octanol–water partition coefficient (Wildman–Crippen LogP) is 4.06. The van der Waals surface area contributed by atoms with Gasteiger partial charge in [-0.1, -0.05) is 48.5 Å². The van der Waals surface area contributed by atoms with Crippen LogP contribution in [0.3, 0.4) is 0 Å². The van der Waals surface area contributed by atoms with Gasteiger partial charge in [0.2, 0.25) is 5.91 Å². The van der Waals surface area contributed by atoms with E-state index in [1.54, 1.807) is 0 Å². The largest absolute Gasteiger partial charge is 0.481 e. The minimum Gasteiger partial charge on any atom is -0.481 e. The van der Waals surface area contributed by atoms with E-state index in [1.165, 1.54) is 22.3 Å². The number of carboxylic acid groups (broad SMARTS) is 1. The molecule has 4 aliphatic carbocycles. The maximum absolute atomic E-state index is 13.0. The molecule has 4 aliphatic rings. The van der Waals surface area contributed by atoms with Crippen LogP contribution in [0.1, 0.15) is 55.6 Å². The van der Waals surface area contributed by atoms with Crippen LogP contribution in [0.5, 0.6) is 0 Å². The van der Waals surface area contributed by atoms with Gasteiger partial charge < -0.3 is 20.5 Å². The highest BCUT2D eigenvalue weighted by Crippen LogP contribution is 2.63. The van der Waals surface area contributed by atoms with E-state index in [4.69, 9.17) is 4.74 Å². The number of aliphatic carboxylic acids is 1. The number of rotatable bonds is 6. The zero-order valence-electron chi connectivity index (χ0n) is 19.5. The first-order valence-electron chi connectivity index (χ1n) is 12.6. The number of carbonyl (C=O) groups excluding carboxylic acids is 2. The Bertz CT molecular complexity index is 1150. The Balaban J connectivity index is 1.02. The Labute approximate surface area is 204 Å². The van der Waals surface area contributed by atoms with Crippen molar-refractivity contribution in [3.63, 3.8) is 0 Å². The van der Waals surface area contributed by atoms with Gasteiger partial charge in [-0.2, -0.15) is 0 Å². The molecule has 182 valence electrons. The molecule has 0 spiro atoms. The first-order chi connectivity index (χ1) is 16.9. The first kappa shape index (κ1) is 22.1. The van der Waals surface area contributed by atoms with Gasteiger partial charge in [0, 0.05) is 18.0 Å². The molecule has 0 heterocycles. The molecule has 3 saturated carbocycles. The number of ether oxygens (including phenoxy) is 1. The summed E-state index contributed by atoms with van der Waals surface area (Å²) in [7, 11) is 0. The zero-order chi connectivity index (χ0) is 24.2. The van der Waals surface area contributed by atoms with Crippen LogP contribution >= 0.6 is 0 Å². The average Bonchev–Trinajstić information content (AvgIpc) is 3.18. The van der Waals surface area contributed by atoms with Crippen LogP contribution in [-0.2, 0) is 14.3 Å². The standard InChI is InChI=1S/C28H30N2O5/c31-25(32)16-9-10-18(11-16)29-26(33)28-13-17(28)12-19(14-28)30-27(34)35-15-24-22-7-3-1-5-20(22)21-6-2-4-8-23(21)24/h1-8,16-19,24H,9-15H2,(H,29,33)(H,30,34)(H,31,32)/t16-,17-,18+,19+,28+/m1/s1. The molecule has 0 bridgehead atoms. The molecule has 0 aromatic heterocycles. The third kappa shape index (κ3) is 3.87. The fourth-order valence-electron chi connectivity index (χ4n) is 6.76. The van der Waals surface area contributed by atoms with E-state index < -0.39 is 17.5 Å². The van der Waals surface area contributed by atoms with Gasteiger partial charge in [-0.15, -0.1) is 0 Å². The maximum atomic E-state index is 13.0. The number of fused-ring (bicyclic) bond motifs is 4. The van der Waals surface area contributed by atoms with E-state index in [0.717, 1.165) is 12.8 Å². The van der Waals surface area contributed by atoms with E-state index in [2.05, 4.69) is 34.9 Å². The van der Waals surface area contributed by atoms with Crippen LogP contribution in [-0.4, -0.2) is 41.8 Å². The fraction of sp³-hybridized carbons (Fsp3) is 0.464. The number of alkyl carbamates (subject to hydrolysis) is 1. The molecule has 2 aromatic carbocycles. The highest BCUT2D eigenvalue weighted by Gasteiger charge is 2.65. The number of amides is 2. The molecular weight excluding hydrogens is 444 g/mol. The van der Waals surface area contributed by atoms with Crippen molar-refractivity contribution < 1.29 is 24.2 Å². The molecule has 2 amide bonds. The quantitative estimate of drug-likeness (QED) is 0.586. The van der Waals surface area contributed by atoms with Crippen molar-refractivity contribution in [1.29, 1.82) is 0 Å². The number of carboxylic acids is 1. The molecule has 3 N–H and O–H groups in total. The summed E-state index contributed by atoms with van der Waals surface area (Å²) in [6.45, 7) is 0.272. The normalized spacial score (nSPS) is 30.2. The molecule has 7 nitrogen and oxygen atoms in total. The summed E-state index contributed by atoms with van der Waals surface area (Å²) >= 11 is 0. The van der Waals surface area contributed by atoms with E-state index in [0.29, 0.717) is 25.7 Å². The van der Waals surface area contributed by atoms with Crippen molar-refractivity contribution in [2.75, 3.05) is 6.61 Å². The van der Waals surface area contributed by atoms with Crippen molar-refractivity contribution in [2.24, 2.45) is 17.3 Å². The lowest BCUT2D eigenvalue weighted by Crippen LogP contribution is -2.41. The Morgan fingerprint density at radius 3 is 2.23 bits per heavy atom. The number of benzene rings is 2. The summed E-state index contributed by atoms with van der Waals surface area (Å²) in [6.07, 6.45) is 3.63. The number of carbonyl (C=O) groups is 3. The number of hydrogen-bond donors (Lipinski definition) is 3. The van der Waals surface area contributed by atoms with E-state index in [9.17, 15) is 19.5 Å². The molecule has 3 fully saturated rings. The van der Waals surface area contributed by atoms with E-state index in [1.807, 2.05) is 24.3 Å². The summed E-state index contributed by atoms with van der Waals surface area (Å²) in [5.74, 6) is -0.825. The smallest absolute Gasteiger partial charge is 0.407 e. The van der Waals surface area contributed by atoms with E-state index >= 15 is 0 Å². The lowest BCUT2D eigenvalue weighted by atomic mass is 9.98. The van der Waals surface area contributed by atoms with Crippen LogP contribution in [0, 0.1) is 17.3 Å². The van der Waals surface area contributed by atoms with Crippen LogP contribution < -0.4 is 10.6 Å². The van der Waals surface area contributed by atoms with Crippen LogP contribution in [0.15, 0.2) is 48.5 Å². The van der Waals surface area contributed by atoms with Gasteiger partial charge in [0.05, 0.1) is 11.3 Å². The summed E-state index contributed by atoms with van der Waals surface area (Å²) in [5, 5.41) is 15.3. The maximum Gasteiger partial charge on any atom is 0.407 e. The summed E-state index contributed by atoms with van der Waals surface area (Å²) < 4.78 is 5.68. The second kappa shape index (κ2) is 8.40. The van der Waals surface area contributed by atoms with Gasteiger partial charge in [0.25, 0.3) is 0 Å². The van der Waals surface area contributed by atoms with Gasteiger partial charge in [-0.3, -0.25) is 9.59 Å². The van der Waals surface area contributed by atoms with Crippen molar-refractivity contribution in [2.45, 2.75) is 56.5 Å². The van der Waals surface area contributed by atoms with Crippen molar-refractivity contribution in [3.8, 4) is 11.1 Å². The van der Waals surface area contributed by atoms with Crippen LogP contribution in [0.25, 0.3) is 11.1 Å². The Hall–Kier alpha value is -3.35. The van der Waals surface area contributed by atoms with Gasteiger partial charge in [0.15, 0.2) is 0 Å².